The van der Waals surface area contributed by atoms with Crippen LogP contribution in [0.1, 0.15) is 30.8 Å². The average Bonchev–Trinajstić information content (AvgIpc) is 2.96. The molecule has 98 valence electrons. The van der Waals surface area contributed by atoms with E-state index < -0.39 is 0 Å². The molecule has 0 radical (unpaired) electrons. The molecule has 0 aliphatic heterocycles. The lowest BCUT2D eigenvalue weighted by molar-refractivity contribution is 0.497. The maximum absolute atomic E-state index is 5.28. The summed E-state index contributed by atoms with van der Waals surface area (Å²) in [6.07, 6.45) is 5.13. The zero-order chi connectivity index (χ0) is 13.0. The van der Waals surface area contributed by atoms with E-state index in [0.717, 1.165) is 35.4 Å². The fourth-order valence-electron chi connectivity index (χ4n) is 1.95. The van der Waals surface area contributed by atoms with E-state index in [0.29, 0.717) is 0 Å². The second-order valence-corrected chi connectivity index (χ2v) is 4.81. The van der Waals surface area contributed by atoms with Gasteiger partial charge in [0.1, 0.15) is 12.2 Å². The van der Waals surface area contributed by atoms with Crippen LogP contribution < -0.4 is 5.32 Å². The van der Waals surface area contributed by atoms with Gasteiger partial charge in [-0.3, -0.25) is 4.68 Å². The van der Waals surface area contributed by atoms with Crippen LogP contribution >= 0.6 is 15.9 Å². The molecule has 6 heteroatoms. The first-order valence-electron chi connectivity index (χ1n) is 6.03. The lowest BCUT2D eigenvalue weighted by Gasteiger charge is -2.15. The van der Waals surface area contributed by atoms with Crippen LogP contribution in [0.25, 0.3) is 0 Å². The second-order valence-electron chi connectivity index (χ2n) is 4.09. The van der Waals surface area contributed by atoms with Gasteiger partial charge in [0.25, 0.3) is 0 Å². The number of nitrogens with zero attached hydrogens (tertiary/aromatic N) is 3. The van der Waals surface area contributed by atoms with Crippen LogP contribution in [-0.4, -0.2) is 21.8 Å². The summed E-state index contributed by atoms with van der Waals surface area (Å²) in [6, 6.07) is 2.13. The maximum Gasteiger partial charge on any atom is 0.173 e. The number of rotatable bonds is 6. The lowest BCUT2D eigenvalue weighted by atomic mass is 10.1. The molecule has 1 unspecified atom stereocenters. The number of likely N-dealkylation sites (N-methyl/N-ethyl adjacent to an activating group) is 1. The Balaban J connectivity index is 2.15. The second kappa shape index (κ2) is 6.15. The van der Waals surface area contributed by atoms with E-state index in [1.54, 1.807) is 12.6 Å². The van der Waals surface area contributed by atoms with E-state index in [1.807, 2.05) is 17.8 Å². The fourth-order valence-corrected chi connectivity index (χ4v) is 2.47. The Labute approximate surface area is 115 Å². The molecule has 0 aliphatic rings. The van der Waals surface area contributed by atoms with Gasteiger partial charge >= 0.3 is 0 Å². The summed E-state index contributed by atoms with van der Waals surface area (Å²) in [6.45, 7) is 3.03. The first kappa shape index (κ1) is 13.3. The number of aryl methyl sites for hydroxylation is 1. The van der Waals surface area contributed by atoms with Crippen molar-refractivity contribution in [1.82, 2.24) is 20.1 Å². The standard InChI is InChI=1S/C12H17BrN4O/c1-3-5-17-11(15-8-16-17)7-10(14-2)9-4-6-18-12(9)13/h4,6,8,10,14H,3,5,7H2,1-2H3. The van der Waals surface area contributed by atoms with Gasteiger partial charge in [-0.2, -0.15) is 5.10 Å². The minimum Gasteiger partial charge on any atom is -0.457 e. The van der Waals surface area contributed by atoms with Crippen molar-refractivity contribution in [2.45, 2.75) is 32.4 Å². The van der Waals surface area contributed by atoms with Gasteiger partial charge in [-0.1, -0.05) is 6.92 Å². The van der Waals surface area contributed by atoms with Gasteiger partial charge in [0.05, 0.1) is 6.26 Å². The Morgan fingerprint density at radius 1 is 1.56 bits per heavy atom. The van der Waals surface area contributed by atoms with Gasteiger partial charge in [0.2, 0.25) is 0 Å². The molecular weight excluding hydrogens is 296 g/mol. The Morgan fingerprint density at radius 2 is 2.39 bits per heavy atom. The Hall–Kier alpha value is -1.14. The maximum atomic E-state index is 5.28. The molecule has 0 saturated carbocycles. The van der Waals surface area contributed by atoms with E-state index >= 15 is 0 Å². The van der Waals surface area contributed by atoms with Crippen LogP contribution in [0.4, 0.5) is 0 Å². The molecule has 0 bridgehead atoms. The fraction of sp³-hybridized carbons (Fsp3) is 0.500. The molecule has 0 fully saturated rings. The van der Waals surface area contributed by atoms with E-state index in [4.69, 9.17) is 4.42 Å². The number of halogens is 1. The Bertz CT molecular complexity index is 494. The number of nitrogens with one attached hydrogen (secondary N) is 1. The van der Waals surface area contributed by atoms with Crippen LogP contribution in [0, 0.1) is 0 Å². The van der Waals surface area contributed by atoms with E-state index in [2.05, 4.69) is 38.3 Å². The predicted octanol–water partition coefficient (Wildman–Crippen LogP) is 2.55. The lowest BCUT2D eigenvalue weighted by Crippen LogP contribution is -2.21. The topological polar surface area (TPSA) is 55.9 Å². The van der Waals surface area contributed by atoms with Crippen LogP contribution in [0.2, 0.25) is 0 Å². The summed E-state index contributed by atoms with van der Waals surface area (Å²) in [5.74, 6) is 0.990. The van der Waals surface area contributed by atoms with Crippen molar-refractivity contribution >= 4 is 15.9 Å². The first-order valence-corrected chi connectivity index (χ1v) is 6.82. The Morgan fingerprint density at radius 3 is 3.00 bits per heavy atom. The molecule has 5 nitrogen and oxygen atoms in total. The van der Waals surface area contributed by atoms with Gasteiger partial charge in [-0.15, -0.1) is 0 Å². The van der Waals surface area contributed by atoms with Crippen molar-refractivity contribution in [3.05, 3.63) is 34.7 Å². The number of hydrogen-bond acceptors (Lipinski definition) is 4. The molecule has 1 N–H and O–H groups in total. The number of hydrogen-bond donors (Lipinski definition) is 1. The first-order chi connectivity index (χ1) is 8.76. The van der Waals surface area contributed by atoms with Gasteiger partial charge in [-0.25, -0.2) is 4.98 Å². The zero-order valence-electron chi connectivity index (χ0n) is 10.6. The van der Waals surface area contributed by atoms with Crippen molar-refractivity contribution in [1.29, 1.82) is 0 Å². The summed E-state index contributed by atoms with van der Waals surface area (Å²) in [7, 11) is 1.94. The molecule has 2 aromatic heterocycles. The third-order valence-corrected chi connectivity index (χ3v) is 3.53. The molecule has 0 saturated heterocycles. The van der Waals surface area contributed by atoms with Crippen LogP contribution in [0.5, 0.6) is 0 Å². The largest absolute Gasteiger partial charge is 0.457 e. The molecule has 18 heavy (non-hydrogen) atoms. The summed E-state index contributed by atoms with van der Waals surface area (Å²) in [5, 5.41) is 7.52. The average molecular weight is 313 g/mol. The third-order valence-electron chi connectivity index (χ3n) is 2.89. The minimum atomic E-state index is 0.165. The van der Waals surface area contributed by atoms with Gasteiger partial charge in [0.15, 0.2) is 4.67 Å². The molecule has 0 aliphatic carbocycles. The monoisotopic (exact) mass is 312 g/mol. The third kappa shape index (κ3) is 2.81. The summed E-state index contributed by atoms with van der Waals surface area (Å²) < 4.78 is 8.00. The molecular formula is C12H17BrN4O. The van der Waals surface area contributed by atoms with Crippen molar-refractivity contribution in [2.75, 3.05) is 7.05 Å². The highest BCUT2D eigenvalue weighted by atomic mass is 79.9. The summed E-state index contributed by atoms with van der Waals surface area (Å²) >= 11 is 3.41. The minimum absolute atomic E-state index is 0.165. The van der Waals surface area contributed by atoms with Crippen molar-refractivity contribution in [3.63, 3.8) is 0 Å². The van der Waals surface area contributed by atoms with Gasteiger partial charge < -0.3 is 9.73 Å². The molecule has 0 aromatic carbocycles. The van der Waals surface area contributed by atoms with Crippen molar-refractivity contribution in [2.24, 2.45) is 0 Å². The Kier molecular flexibility index (Phi) is 4.54. The molecule has 2 aromatic rings. The zero-order valence-corrected chi connectivity index (χ0v) is 12.1. The van der Waals surface area contributed by atoms with Gasteiger partial charge in [0, 0.05) is 24.6 Å². The highest BCUT2D eigenvalue weighted by molar-refractivity contribution is 9.10. The van der Waals surface area contributed by atoms with E-state index in [1.165, 1.54) is 0 Å². The van der Waals surface area contributed by atoms with Crippen molar-refractivity contribution in [3.8, 4) is 0 Å². The molecule has 1 atom stereocenters. The SMILES string of the molecule is CCCn1ncnc1CC(NC)c1ccoc1Br. The van der Waals surface area contributed by atoms with E-state index in [9.17, 15) is 0 Å². The number of aromatic nitrogens is 3. The predicted molar refractivity (Wildman–Crippen MR) is 72.2 cm³/mol. The summed E-state index contributed by atoms with van der Waals surface area (Å²) in [4.78, 5) is 4.33. The van der Waals surface area contributed by atoms with Crippen LogP contribution in [0.3, 0.4) is 0 Å². The molecule has 2 heterocycles. The van der Waals surface area contributed by atoms with E-state index in [-0.39, 0.29) is 6.04 Å². The van der Waals surface area contributed by atoms with Crippen LogP contribution in [-0.2, 0) is 13.0 Å². The highest BCUT2D eigenvalue weighted by Crippen LogP contribution is 2.26. The highest BCUT2D eigenvalue weighted by Gasteiger charge is 2.18. The molecule has 0 spiro atoms. The van der Waals surface area contributed by atoms with Crippen molar-refractivity contribution < 1.29 is 4.42 Å². The normalized spacial score (nSPS) is 12.8. The molecule has 2 rings (SSSR count). The quantitative estimate of drug-likeness (QED) is 0.890. The summed E-state index contributed by atoms with van der Waals surface area (Å²) in [5.41, 5.74) is 1.10. The van der Waals surface area contributed by atoms with Crippen LogP contribution in [0.15, 0.2) is 27.7 Å². The molecule has 0 amide bonds. The van der Waals surface area contributed by atoms with Gasteiger partial charge in [-0.05, 0) is 35.5 Å². The number of furan rings is 1. The smallest absolute Gasteiger partial charge is 0.173 e.